The standard InChI is InChI=1S/C18H12F3N3O2/c19-18(20,21)11-3-1-10(2-4-11)17-15(25)8-16(26)24(17)12-5-6-13-14(7-12)23-9-22-13/h1-9,17,25H,(H,22,23). The van der Waals surface area contributed by atoms with Crippen LogP contribution in [0.25, 0.3) is 11.0 Å². The number of aromatic nitrogens is 2. The number of amides is 1. The summed E-state index contributed by atoms with van der Waals surface area (Å²) < 4.78 is 38.3. The topological polar surface area (TPSA) is 69.2 Å². The first kappa shape index (κ1) is 16.2. The van der Waals surface area contributed by atoms with Gasteiger partial charge in [0.15, 0.2) is 0 Å². The Balaban J connectivity index is 1.75. The van der Waals surface area contributed by atoms with Crippen molar-refractivity contribution in [1.29, 1.82) is 0 Å². The van der Waals surface area contributed by atoms with E-state index < -0.39 is 23.7 Å². The van der Waals surface area contributed by atoms with Gasteiger partial charge in [-0.25, -0.2) is 4.98 Å². The Hall–Kier alpha value is -3.29. The third-order valence-electron chi connectivity index (χ3n) is 4.28. The quantitative estimate of drug-likeness (QED) is 0.723. The lowest BCUT2D eigenvalue weighted by atomic mass is 10.0. The predicted molar refractivity (Wildman–Crippen MR) is 88.5 cm³/mol. The van der Waals surface area contributed by atoms with Crippen molar-refractivity contribution < 1.29 is 23.1 Å². The van der Waals surface area contributed by atoms with Gasteiger partial charge in [-0.1, -0.05) is 12.1 Å². The van der Waals surface area contributed by atoms with Crippen LogP contribution in [-0.2, 0) is 11.0 Å². The van der Waals surface area contributed by atoms with Crippen molar-refractivity contribution in [3.05, 3.63) is 71.8 Å². The van der Waals surface area contributed by atoms with Crippen molar-refractivity contribution in [3.8, 4) is 0 Å². The van der Waals surface area contributed by atoms with E-state index in [4.69, 9.17) is 0 Å². The summed E-state index contributed by atoms with van der Waals surface area (Å²) >= 11 is 0. The highest BCUT2D eigenvalue weighted by Gasteiger charge is 2.36. The van der Waals surface area contributed by atoms with Crippen LogP contribution in [-0.4, -0.2) is 21.0 Å². The molecular weight excluding hydrogens is 347 g/mol. The SMILES string of the molecule is O=C1C=C(O)C(c2ccc(C(F)(F)F)cc2)N1c1ccc2nc[nH]c2c1. The number of aromatic amines is 1. The number of aliphatic hydroxyl groups is 1. The zero-order valence-corrected chi connectivity index (χ0v) is 13.2. The molecule has 2 aromatic carbocycles. The molecule has 4 rings (SSSR count). The zero-order valence-electron chi connectivity index (χ0n) is 13.2. The van der Waals surface area contributed by atoms with E-state index in [1.54, 1.807) is 18.2 Å². The summed E-state index contributed by atoms with van der Waals surface area (Å²) in [6.07, 6.45) is -1.87. The number of nitrogens with one attached hydrogen (secondary N) is 1. The second-order valence-electron chi connectivity index (χ2n) is 5.90. The van der Waals surface area contributed by atoms with Crippen LogP contribution in [0.4, 0.5) is 18.9 Å². The van der Waals surface area contributed by atoms with Crippen LogP contribution in [0.5, 0.6) is 0 Å². The maximum Gasteiger partial charge on any atom is 0.416 e. The predicted octanol–water partition coefficient (Wildman–Crippen LogP) is 4.11. The molecule has 0 saturated carbocycles. The van der Waals surface area contributed by atoms with Crippen molar-refractivity contribution in [1.82, 2.24) is 9.97 Å². The molecule has 0 radical (unpaired) electrons. The van der Waals surface area contributed by atoms with Crippen LogP contribution in [0.2, 0.25) is 0 Å². The Morgan fingerprint density at radius 1 is 1.12 bits per heavy atom. The molecule has 2 heterocycles. The summed E-state index contributed by atoms with van der Waals surface area (Å²) in [6.45, 7) is 0. The molecule has 2 N–H and O–H groups in total. The maximum absolute atomic E-state index is 12.8. The molecule has 1 aliphatic rings. The number of hydrogen-bond donors (Lipinski definition) is 2. The normalized spacial score (nSPS) is 17.8. The number of H-pyrrole nitrogens is 1. The number of carbonyl (C=O) groups is 1. The number of fused-ring (bicyclic) bond motifs is 1. The average Bonchev–Trinajstić information content (AvgIpc) is 3.17. The van der Waals surface area contributed by atoms with E-state index in [-0.39, 0.29) is 5.76 Å². The van der Waals surface area contributed by atoms with Crippen molar-refractivity contribution in [2.75, 3.05) is 4.90 Å². The van der Waals surface area contributed by atoms with E-state index in [0.29, 0.717) is 22.3 Å². The van der Waals surface area contributed by atoms with E-state index in [1.807, 2.05) is 0 Å². The molecule has 3 aromatic rings. The van der Waals surface area contributed by atoms with Gasteiger partial charge in [-0.2, -0.15) is 13.2 Å². The van der Waals surface area contributed by atoms with Crippen LogP contribution < -0.4 is 4.90 Å². The summed E-state index contributed by atoms with van der Waals surface area (Å²) in [7, 11) is 0. The molecule has 0 aliphatic carbocycles. The molecule has 0 spiro atoms. The largest absolute Gasteiger partial charge is 0.510 e. The molecule has 1 unspecified atom stereocenters. The number of nitrogens with zero attached hydrogens (tertiary/aromatic N) is 2. The van der Waals surface area contributed by atoms with Crippen molar-refractivity contribution in [2.45, 2.75) is 12.2 Å². The number of rotatable bonds is 2. The van der Waals surface area contributed by atoms with Gasteiger partial charge in [0.2, 0.25) is 0 Å². The lowest BCUT2D eigenvalue weighted by Gasteiger charge is -2.26. The number of anilines is 1. The molecule has 26 heavy (non-hydrogen) atoms. The molecule has 0 fully saturated rings. The Kier molecular flexibility index (Phi) is 3.50. The molecule has 0 bridgehead atoms. The second kappa shape index (κ2) is 5.62. The molecule has 1 aromatic heterocycles. The first-order valence-corrected chi connectivity index (χ1v) is 7.68. The maximum atomic E-state index is 12.8. The number of halogens is 3. The van der Waals surface area contributed by atoms with Crippen LogP contribution in [0.1, 0.15) is 17.2 Å². The Bertz CT molecular complexity index is 1020. The van der Waals surface area contributed by atoms with Gasteiger partial charge in [0.1, 0.15) is 11.8 Å². The fourth-order valence-corrected chi connectivity index (χ4v) is 3.06. The minimum absolute atomic E-state index is 0.223. The number of alkyl halides is 3. The number of hydrogen-bond acceptors (Lipinski definition) is 3. The molecule has 0 saturated heterocycles. The van der Waals surface area contributed by atoms with Crippen LogP contribution in [0.3, 0.4) is 0 Å². The Morgan fingerprint density at radius 3 is 2.54 bits per heavy atom. The van der Waals surface area contributed by atoms with Crippen molar-refractivity contribution in [3.63, 3.8) is 0 Å². The fraction of sp³-hybridized carbons (Fsp3) is 0.111. The molecule has 5 nitrogen and oxygen atoms in total. The summed E-state index contributed by atoms with van der Waals surface area (Å²) in [5.41, 5.74) is 1.50. The summed E-state index contributed by atoms with van der Waals surface area (Å²) in [5, 5.41) is 10.2. The smallest absolute Gasteiger partial charge is 0.416 e. The highest BCUT2D eigenvalue weighted by molar-refractivity contribution is 6.06. The molecule has 1 aliphatic heterocycles. The highest BCUT2D eigenvalue weighted by Crippen LogP contribution is 2.38. The first-order chi connectivity index (χ1) is 12.3. The van der Waals surface area contributed by atoms with Gasteiger partial charge < -0.3 is 10.1 Å². The van der Waals surface area contributed by atoms with E-state index >= 15 is 0 Å². The van der Waals surface area contributed by atoms with Gasteiger partial charge in [-0.15, -0.1) is 0 Å². The first-order valence-electron chi connectivity index (χ1n) is 7.68. The fourth-order valence-electron chi connectivity index (χ4n) is 3.06. The van der Waals surface area contributed by atoms with Crippen LogP contribution in [0.15, 0.2) is 60.6 Å². The van der Waals surface area contributed by atoms with E-state index in [0.717, 1.165) is 18.2 Å². The van der Waals surface area contributed by atoms with Gasteiger partial charge in [0, 0.05) is 11.8 Å². The summed E-state index contributed by atoms with van der Waals surface area (Å²) in [6, 6.07) is 8.59. The van der Waals surface area contributed by atoms with E-state index in [9.17, 15) is 23.1 Å². The van der Waals surface area contributed by atoms with E-state index in [1.165, 1.54) is 23.4 Å². The number of imidazole rings is 1. The monoisotopic (exact) mass is 359 g/mol. The highest BCUT2D eigenvalue weighted by atomic mass is 19.4. The second-order valence-corrected chi connectivity index (χ2v) is 5.90. The van der Waals surface area contributed by atoms with Gasteiger partial charge >= 0.3 is 6.18 Å². The summed E-state index contributed by atoms with van der Waals surface area (Å²) in [5.74, 6) is -0.675. The van der Waals surface area contributed by atoms with Crippen molar-refractivity contribution >= 4 is 22.6 Å². The number of carbonyl (C=O) groups excluding carboxylic acids is 1. The summed E-state index contributed by atoms with van der Waals surface area (Å²) in [4.78, 5) is 20.7. The minimum Gasteiger partial charge on any atom is -0.510 e. The van der Waals surface area contributed by atoms with E-state index in [2.05, 4.69) is 9.97 Å². The van der Waals surface area contributed by atoms with Gasteiger partial charge in [0.25, 0.3) is 5.91 Å². The molecular formula is C18H12F3N3O2. The lowest BCUT2D eigenvalue weighted by molar-refractivity contribution is -0.137. The van der Waals surface area contributed by atoms with Gasteiger partial charge in [-0.3, -0.25) is 9.69 Å². The zero-order chi connectivity index (χ0) is 18.5. The number of benzene rings is 2. The molecule has 132 valence electrons. The number of aliphatic hydroxyl groups excluding tert-OH is 1. The molecule has 1 amide bonds. The van der Waals surface area contributed by atoms with Gasteiger partial charge in [0.05, 0.1) is 22.9 Å². The molecule has 8 heteroatoms. The molecule has 1 atom stereocenters. The third-order valence-corrected chi connectivity index (χ3v) is 4.28. The Labute approximate surface area is 145 Å². The van der Waals surface area contributed by atoms with Crippen molar-refractivity contribution in [2.24, 2.45) is 0 Å². The van der Waals surface area contributed by atoms with Crippen LogP contribution >= 0.6 is 0 Å². The Morgan fingerprint density at radius 2 is 1.85 bits per heavy atom. The minimum atomic E-state index is -4.45. The third kappa shape index (κ3) is 2.59. The van der Waals surface area contributed by atoms with Crippen LogP contribution in [0, 0.1) is 0 Å². The van der Waals surface area contributed by atoms with Gasteiger partial charge in [-0.05, 0) is 35.9 Å². The average molecular weight is 359 g/mol. The lowest BCUT2D eigenvalue weighted by Crippen LogP contribution is -2.29.